The zero-order chi connectivity index (χ0) is 14.6. The van der Waals surface area contributed by atoms with E-state index in [2.05, 4.69) is 60.8 Å². The smallest absolute Gasteiger partial charge is 0.128 e. The number of anilines is 1. The molecular formula is C17H29N3. The van der Waals surface area contributed by atoms with Crippen molar-refractivity contribution in [1.29, 1.82) is 0 Å². The van der Waals surface area contributed by atoms with Crippen molar-refractivity contribution >= 4 is 5.82 Å². The fourth-order valence-corrected chi connectivity index (χ4v) is 2.84. The molecule has 0 aliphatic carbocycles. The molecule has 0 aromatic carbocycles. The van der Waals surface area contributed by atoms with Crippen LogP contribution in [0.25, 0.3) is 0 Å². The summed E-state index contributed by atoms with van der Waals surface area (Å²) >= 11 is 0. The van der Waals surface area contributed by atoms with Crippen LogP contribution in [0.3, 0.4) is 0 Å². The van der Waals surface area contributed by atoms with Crippen LogP contribution in [0.15, 0.2) is 18.3 Å². The first-order valence-electron chi connectivity index (χ1n) is 7.90. The Labute approximate surface area is 124 Å². The zero-order valence-corrected chi connectivity index (χ0v) is 13.5. The minimum Gasteiger partial charge on any atom is -0.354 e. The van der Waals surface area contributed by atoms with E-state index in [1.807, 2.05) is 0 Å². The molecule has 0 amide bonds. The van der Waals surface area contributed by atoms with Crippen molar-refractivity contribution in [2.75, 3.05) is 37.6 Å². The van der Waals surface area contributed by atoms with E-state index in [1.165, 1.54) is 31.6 Å². The molecule has 2 rings (SSSR count). The summed E-state index contributed by atoms with van der Waals surface area (Å²) in [4.78, 5) is 9.62. The molecule has 0 unspecified atom stereocenters. The molecule has 0 N–H and O–H groups in total. The summed E-state index contributed by atoms with van der Waals surface area (Å²) in [5, 5.41) is 0. The van der Waals surface area contributed by atoms with Crippen LogP contribution in [0.4, 0.5) is 5.82 Å². The van der Waals surface area contributed by atoms with Crippen molar-refractivity contribution in [3.8, 4) is 0 Å². The first kappa shape index (κ1) is 15.3. The number of aromatic nitrogens is 1. The summed E-state index contributed by atoms with van der Waals surface area (Å²) in [6.07, 6.45) is 4.39. The summed E-state index contributed by atoms with van der Waals surface area (Å²) in [5.41, 5.74) is 1.67. The highest BCUT2D eigenvalue weighted by atomic mass is 15.3. The predicted octanol–water partition coefficient (Wildman–Crippen LogP) is 3.20. The van der Waals surface area contributed by atoms with Crippen molar-refractivity contribution in [3.05, 3.63) is 23.9 Å². The Balaban J connectivity index is 1.91. The average molecular weight is 275 g/mol. The highest BCUT2D eigenvalue weighted by molar-refractivity contribution is 5.40. The lowest BCUT2D eigenvalue weighted by molar-refractivity contribution is 0.258. The molecule has 0 radical (unpaired) electrons. The van der Waals surface area contributed by atoms with Crippen molar-refractivity contribution in [3.63, 3.8) is 0 Å². The second-order valence-corrected chi connectivity index (χ2v) is 7.09. The molecule has 1 aliphatic heterocycles. The summed E-state index contributed by atoms with van der Waals surface area (Å²) in [7, 11) is 0. The largest absolute Gasteiger partial charge is 0.354 e. The third kappa shape index (κ3) is 4.48. The molecule has 3 heteroatoms. The van der Waals surface area contributed by atoms with Gasteiger partial charge < -0.3 is 4.90 Å². The van der Waals surface area contributed by atoms with Crippen LogP contribution in [-0.4, -0.2) is 42.6 Å². The topological polar surface area (TPSA) is 19.4 Å². The molecule has 1 saturated heterocycles. The molecule has 3 nitrogen and oxygen atoms in total. The molecule has 2 heterocycles. The molecule has 0 saturated carbocycles. The molecule has 112 valence electrons. The van der Waals surface area contributed by atoms with E-state index in [4.69, 9.17) is 0 Å². The average Bonchev–Trinajstić information content (AvgIpc) is 2.39. The molecule has 20 heavy (non-hydrogen) atoms. The number of nitrogens with zero attached hydrogens (tertiary/aromatic N) is 3. The first-order valence-corrected chi connectivity index (χ1v) is 7.90. The number of hydrogen-bond acceptors (Lipinski definition) is 3. The fraction of sp³-hybridized carbons (Fsp3) is 0.706. The van der Waals surface area contributed by atoms with E-state index >= 15 is 0 Å². The Kier molecular flexibility index (Phi) is 5.03. The van der Waals surface area contributed by atoms with Crippen molar-refractivity contribution < 1.29 is 0 Å². The third-order valence-corrected chi connectivity index (χ3v) is 3.78. The van der Waals surface area contributed by atoms with Gasteiger partial charge in [0.15, 0.2) is 0 Å². The Morgan fingerprint density at radius 3 is 2.30 bits per heavy atom. The van der Waals surface area contributed by atoms with Gasteiger partial charge in [0.2, 0.25) is 0 Å². The lowest BCUT2D eigenvalue weighted by atomic mass is 9.89. The number of rotatable bonds is 4. The van der Waals surface area contributed by atoms with Gasteiger partial charge in [-0.3, -0.25) is 4.90 Å². The van der Waals surface area contributed by atoms with Crippen LogP contribution in [0.1, 0.15) is 39.7 Å². The zero-order valence-electron chi connectivity index (χ0n) is 13.5. The van der Waals surface area contributed by atoms with Crippen LogP contribution in [0.5, 0.6) is 0 Å². The van der Waals surface area contributed by atoms with Crippen molar-refractivity contribution in [1.82, 2.24) is 9.88 Å². The minimum absolute atomic E-state index is 0.328. The second kappa shape index (κ2) is 6.57. The standard InChI is InChI=1S/C17H29N3/c1-5-8-19-9-11-20(12-10-19)16-7-6-15(14-18-16)13-17(2,3)4/h6-7,14H,5,8-13H2,1-4H3. The van der Waals surface area contributed by atoms with Gasteiger partial charge in [0.1, 0.15) is 5.82 Å². The van der Waals surface area contributed by atoms with Crippen molar-refractivity contribution in [2.24, 2.45) is 5.41 Å². The minimum atomic E-state index is 0.328. The highest BCUT2D eigenvalue weighted by Crippen LogP contribution is 2.21. The molecule has 0 bridgehead atoms. The molecular weight excluding hydrogens is 246 g/mol. The molecule has 0 atom stereocenters. The van der Waals surface area contributed by atoms with Crippen LogP contribution in [0, 0.1) is 5.41 Å². The van der Waals surface area contributed by atoms with Gasteiger partial charge in [0.25, 0.3) is 0 Å². The molecule has 1 aliphatic rings. The highest BCUT2D eigenvalue weighted by Gasteiger charge is 2.17. The molecule has 1 fully saturated rings. The number of piperazine rings is 1. The maximum atomic E-state index is 4.66. The first-order chi connectivity index (χ1) is 9.48. The third-order valence-electron chi connectivity index (χ3n) is 3.78. The fourth-order valence-electron chi connectivity index (χ4n) is 2.84. The SMILES string of the molecule is CCCN1CCN(c2ccc(CC(C)(C)C)cn2)CC1. The predicted molar refractivity (Wildman–Crippen MR) is 86.3 cm³/mol. The Hall–Kier alpha value is -1.09. The van der Waals surface area contributed by atoms with Crippen LogP contribution < -0.4 is 4.90 Å². The van der Waals surface area contributed by atoms with Gasteiger partial charge in [-0.1, -0.05) is 33.8 Å². The van der Waals surface area contributed by atoms with E-state index in [0.717, 1.165) is 25.3 Å². The summed E-state index contributed by atoms with van der Waals surface area (Å²) in [6.45, 7) is 14.8. The normalized spacial score (nSPS) is 17.5. The number of pyridine rings is 1. The molecule has 1 aromatic heterocycles. The molecule has 0 spiro atoms. The monoisotopic (exact) mass is 275 g/mol. The van der Waals surface area contributed by atoms with Gasteiger partial charge in [-0.25, -0.2) is 4.98 Å². The van der Waals surface area contributed by atoms with Gasteiger partial charge in [-0.15, -0.1) is 0 Å². The van der Waals surface area contributed by atoms with Gasteiger partial charge in [0.05, 0.1) is 0 Å². The molecule has 1 aromatic rings. The Bertz CT molecular complexity index is 397. The van der Waals surface area contributed by atoms with Crippen molar-refractivity contribution in [2.45, 2.75) is 40.5 Å². The summed E-state index contributed by atoms with van der Waals surface area (Å²) in [5.74, 6) is 1.14. The van der Waals surface area contributed by atoms with Gasteiger partial charge >= 0.3 is 0 Å². The lowest BCUT2D eigenvalue weighted by Gasteiger charge is -2.35. The van der Waals surface area contributed by atoms with E-state index in [-0.39, 0.29) is 0 Å². The Morgan fingerprint density at radius 2 is 1.80 bits per heavy atom. The van der Waals surface area contributed by atoms with Crippen LogP contribution in [-0.2, 0) is 6.42 Å². The Morgan fingerprint density at radius 1 is 1.10 bits per heavy atom. The second-order valence-electron chi connectivity index (χ2n) is 7.09. The maximum absolute atomic E-state index is 4.66. The quantitative estimate of drug-likeness (QED) is 0.841. The van der Waals surface area contributed by atoms with E-state index in [9.17, 15) is 0 Å². The van der Waals surface area contributed by atoms with Crippen LogP contribution in [0.2, 0.25) is 0 Å². The van der Waals surface area contributed by atoms with E-state index < -0.39 is 0 Å². The summed E-state index contributed by atoms with van der Waals surface area (Å²) in [6, 6.07) is 4.43. The van der Waals surface area contributed by atoms with Gasteiger partial charge in [-0.2, -0.15) is 0 Å². The number of hydrogen-bond donors (Lipinski definition) is 0. The lowest BCUT2D eigenvalue weighted by Crippen LogP contribution is -2.46. The maximum Gasteiger partial charge on any atom is 0.128 e. The van der Waals surface area contributed by atoms with Crippen LogP contribution >= 0.6 is 0 Å². The summed E-state index contributed by atoms with van der Waals surface area (Å²) < 4.78 is 0. The van der Waals surface area contributed by atoms with E-state index in [0.29, 0.717) is 5.41 Å². The van der Waals surface area contributed by atoms with Gasteiger partial charge in [-0.05, 0) is 36.4 Å². The van der Waals surface area contributed by atoms with E-state index in [1.54, 1.807) is 0 Å². The van der Waals surface area contributed by atoms with Gasteiger partial charge in [0, 0.05) is 32.4 Å².